The average molecular weight is 421 g/mol. The van der Waals surface area contributed by atoms with E-state index in [2.05, 4.69) is 13.8 Å². The van der Waals surface area contributed by atoms with Crippen LogP contribution in [0.15, 0.2) is 60.7 Å². The molecule has 0 aliphatic rings. The Labute approximate surface area is 147 Å². The molecule has 0 saturated carbocycles. The maximum Gasteiger partial charge on any atom is 0.335 e. The van der Waals surface area contributed by atoms with Gasteiger partial charge in [-0.05, 0) is 24.3 Å². The molecule has 0 aliphatic carbocycles. The molecule has 0 heterocycles. The van der Waals surface area contributed by atoms with Gasteiger partial charge in [-0.2, -0.15) is 0 Å². The summed E-state index contributed by atoms with van der Waals surface area (Å²) in [6.07, 6.45) is 0. The van der Waals surface area contributed by atoms with E-state index in [1.54, 1.807) is 60.7 Å². The van der Waals surface area contributed by atoms with E-state index in [0.717, 1.165) is 0 Å². The molecule has 2 rings (SSSR count). The zero-order valence-electron chi connectivity index (χ0n) is 13.4. The Morgan fingerprint density at radius 2 is 1.04 bits per heavy atom. The van der Waals surface area contributed by atoms with Gasteiger partial charge in [0.2, 0.25) is 0 Å². The largest absolute Gasteiger partial charge is 0.478 e. The van der Waals surface area contributed by atoms with Gasteiger partial charge in [-0.15, -0.1) is 0 Å². The Hall–Kier alpha value is -1.82. The van der Waals surface area contributed by atoms with Gasteiger partial charge in [0.15, 0.2) is 0 Å². The van der Waals surface area contributed by atoms with Gasteiger partial charge in [0.25, 0.3) is 0 Å². The number of rotatable bonds is 4. The smallest absolute Gasteiger partial charge is 0.335 e. The second-order valence-corrected chi connectivity index (χ2v) is 9.76. The third kappa shape index (κ3) is 11.4. The second-order valence-electron chi connectivity index (χ2n) is 4.30. The molecule has 5 heteroatoms. The maximum atomic E-state index is 10.2. The molecule has 0 spiro atoms. The molecule has 23 heavy (non-hydrogen) atoms. The number of carboxylic acids is 2. The third-order valence-corrected chi connectivity index (χ3v) is 5.40. The zero-order valence-corrected chi connectivity index (χ0v) is 16.3. The summed E-state index contributed by atoms with van der Waals surface area (Å²) in [4.78, 5) is 20.4. The van der Waals surface area contributed by atoms with Gasteiger partial charge in [0.1, 0.15) is 0 Å². The molecule has 0 fully saturated rings. The van der Waals surface area contributed by atoms with Crippen molar-refractivity contribution in [3.8, 4) is 0 Å². The first-order valence-electron chi connectivity index (χ1n) is 7.30. The van der Waals surface area contributed by atoms with E-state index in [9.17, 15) is 9.59 Å². The van der Waals surface area contributed by atoms with E-state index >= 15 is 0 Å². The van der Waals surface area contributed by atoms with E-state index < -0.39 is 11.9 Å². The molecular weight excluding hydrogens is 399 g/mol. The summed E-state index contributed by atoms with van der Waals surface area (Å²) >= 11 is 0.218. The van der Waals surface area contributed by atoms with E-state index in [1.165, 1.54) is 8.87 Å². The summed E-state index contributed by atoms with van der Waals surface area (Å²) in [5, 5.41) is 16.8. The third-order valence-electron chi connectivity index (χ3n) is 2.54. The average Bonchev–Trinajstić information content (AvgIpc) is 2.58. The Balaban J connectivity index is 0.000000332. The van der Waals surface area contributed by atoms with E-state index in [4.69, 9.17) is 10.2 Å². The van der Waals surface area contributed by atoms with E-state index in [1.807, 2.05) is 0 Å². The first-order valence-corrected chi connectivity index (χ1v) is 11.3. The van der Waals surface area contributed by atoms with Gasteiger partial charge in [-0.1, -0.05) is 36.4 Å². The Kier molecular flexibility index (Phi) is 12.7. The Morgan fingerprint density at radius 3 is 1.17 bits per heavy atom. The van der Waals surface area contributed by atoms with Crippen LogP contribution < -0.4 is 0 Å². The number of hydrogen-bond acceptors (Lipinski definition) is 2. The van der Waals surface area contributed by atoms with E-state index in [0.29, 0.717) is 11.1 Å². The van der Waals surface area contributed by atoms with Gasteiger partial charge >= 0.3 is 55.8 Å². The monoisotopic (exact) mass is 422 g/mol. The van der Waals surface area contributed by atoms with Crippen molar-refractivity contribution >= 4 is 33.1 Å². The fraction of sp³-hybridized carbons (Fsp3) is 0.222. The molecule has 0 atom stereocenters. The van der Waals surface area contributed by atoms with Crippen molar-refractivity contribution in [2.24, 2.45) is 0 Å². The van der Waals surface area contributed by atoms with Crippen molar-refractivity contribution < 1.29 is 19.8 Å². The second kappa shape index (κ2) is 13.8. The van der Waals surface area contributed by atoms with Crippen molar-refractivity contribution in [3.05, 3.63) is 71.8 Å². The molecule has 0 bridgehead atoms. The van der Waals surface area contributed by atoms with Crippen molar-refractivity contribution in [1.82, 2.24) is 0 Å². The quantitative estimate of drug-likeness (QED) is 0.721. The number of carbonyl (C=O) groups is 2. The van der Waals surface area contributed by atoms with Crippen LogP contribution in [0.5, 0.6) is 0 Å². The van der Waals surface area contributed by atoms with Crippen LogP contribution in [0.1, 0.15) is 34.6 Å². The van der Waals surface area contributed by atoms with Crippen molar-refractivity contribution in [3.63, 3.8) is 0 Å². The number of hydrogen-bond donors (Lipinski definition) is 2. The van der Waals surface area contributed by atoms with Gasteiger partial charge in [0.05, 0.1) is 11.1 Å². The van der Waals surface area contributed by atoms with Crippen LogP contribution in [0.2, 0.25) is 8.87 Å². The number of benzene rings is 2. The van der Waals surface area contributed by atoms with Gasteiger partial charge < -0.3 is 10.2 Å². The summed E-state index contributed by atoms with van der Waals surface area (Å²) in [6.45, 7) is 4.57. The topological polar surface area (TPSA) is 74.6 Å². The molecule has 0 unspecified atom stereocenters. The minimum atomic E-state index is -0.879. The predicted octanol–water partition coefficient (Wildman–Crippen LogP) is 4.34. The molecule has 2 N–H and O–H groups in total. The Morgan fingerprint density at radius 1 is 0.739 bits per heavy atom. The summed E-state index contributed by atoms with van der Waals surface area (Å²) in [5.74, 6) is -1.76. The van der Waals surface area contributed by atoms with Gasteiger partial charge in [0, 0.05) is 0 Å². The van der Waals surface area contributed by atoms with Crippen LogP contribution in [-0.2, 0) is 0 Å². The van der Waals surface area contributed by atoms with Crippen molar-refractivity contribution in [2.75, 3.05) is 0 Å². The summed E-state index contributed by atoms with van der Waals surface area (Å²) < 4.78 is 3.03. The van der Waals surface area contributed by atoms with Crippen molar-refractivity contribution in [1.29, 1.82) is 0 Å². The van der Waals surface area contributed by atoms with Crippen LogP contribution in [0.3, 0.4) is 0 Å². The van der Waals surface area contributed by atoms with Crippen LogP contribution >= 0.6 is 0 Å². The minimum Gasteiger partial charge on any atom is -0.478 e. The van der Waals surface area contributed by atoms with Crippen molar-refractivity contribution in [2.45, 2.75) is 22.7 Å². The molecule has 2 radical (unpaired) electrons. The van der Waals surface area contributed by atoms with E-state index in [-0.39, 0.29) is 21.1 Å². The molecule has 0 aliphatic heterocycles. The normalized spacial score (nSPS) is 8.78. The molecule has 0 saturated heterocycles. The fourth-order valence-corrected chi connectivity index (χ4v) is 2.84. The number of carboxylic acid groups (broad SMARTS) is 2. The molecule has 0 aromatic heterocycles. The standard InChI is InChI=1S/2C7H6O2.2C2H5.Sn/c2*8-7(9)6-4-2-1-3-5-6;2*1-2;/h2*1-5H,(H,8,9);2*1H2,2H3;. The molecule has 4 nitrogen and oxygen atoms in total. The minimum absolute atomic E-state index is 0.218. The molecule has 0 amide bonds. The fourth-order valence-electron chi connectivity index (χ4n) is 1.41. The number of aromatic carboxylic acids is 2. The summed E-state index contributed by atoms with van der Waals surface area (Å²) in [7, 11) is 0. The SMILES string of the molecule is C[CH2][Sn][CH2]C.O=C(O)c1ccccc1.O=C(O)c1ccccc1. The van der Waals surface area contributed by atoms with Gasteiger partial charge in [-0.3, -0.25) is 0 Å². The molecule has 2 aromatic rings. The summed E-state index contributed by atoms with van der Waals surface area (Å²) in [5.41, 5.74) is 0.662. The predicted molar refractivity (Wildman–Crippen MR) is 93.5 cm³/mol. The van der Waals surface area contributed by atoms with Crippen LogP contribution in [0.4, 0.5) is 0 Å². The maximum absolute atomic E-state index is 10.2. The Bertz CT molecular complexity index is 504. The van der Waals surface area contributed by atoms with Crippen LogP contribution in [0.25, 0.3) is 0 Å². The van der Waals surface area contributed by atoms with Crippen LogP contribution in [0, 0.1) is 0 Å². The molecular formula is C18H22O4Sn. The first-order chi connectivity index (χ1) is 11.0. The first kappa shape index (κ1) is 21.2. The van der Waals surface area contributed by atoms with Crippen LogP contribution in [-0.4, -0.2) is 43.3 Å². The van der Waals surface area contributed by atoms with Gasteiger partial charge in [-0.25, -0.2) is 9.59 Å². The zero-order chi connectivity index (χ0) is 17.5. The molecule has 122 valence electrons. The molecule has 2 aromatic carbocycles. The summed E-state index contributed by atoms with van der Waals surface area (Å²) in [6, 6.07) is 16.6.